The van der Waals surface area contributed by atoms with Gasteiger partial charge in [-0.05, 0) is 41.5 Å². The molecular formula is C25H22N2O4. The van der Waals surface area contributed by atoms with Crippen LogP contribution in [0.15, 0.2) is 72.9 Å². The number of carbonyl (C=O) groups is 1. The highest BCUT2D eigenvalue weighted by Gasteiger charge is 2.24. The predicted octanol–water partition coefficient (Wildman–Crippen LogP) is 4.47. The highest BCUT2D eigenvalue weighted by atomic mass is 16.7. The number of carbonyl (C=O) groups excluding carboxylic acids is 1. The molecule has 1 aliphatic rings. The predicted molar refractivity (Wildman–Crippen MR) is 118 cm³/mol. The third-order valence-electron chi connectivity index (χ3n) is 5.62. The molecule has 0 bridgehead atoms. The number of fused-ring (bicyclic) bond motifs is 2. The number of amides is 1. The van der Waals surface area contributed by atoms with Crippen LogP contribution >= 0.6 is 0 Å². The zero-order valence-corrected chi connectivity index (χ0v) is 17.1. The number of hydrogen-bond donors (Lipinski definition) is 2. The van der Waals surface area contributed by atoms with Crippen LogP contribution in [0.25, 0.3) is 10.9 Å². The molecule has 1 amide bonds. The molecule has 0 spiro atoms. The Morgan fingerprint density at radius 1 is 1.06 bits per heavy atom. The quantitative estimate of drug-likeness (QED) is 0.488. The topological polar surface area (TPSA) is 72.6 Å². The lowest BCUT2D eigenvalue weighted by molar-refractivity contribution is 0.0947. The molecule has 1 aromatic heterocycles. The van der Waals surface area contributed by atoms with Crippen molar-refractivity contribution in [2.24, 2.45) is 0 Å². The molecule has 0 saturated heterocycles. The maximum atomic E-state index is 13.0. The number of para-hydroxylation sites is 2. The Labute approximate surface area is 179 Å². The van der Waals surface area contributed by atoms with Crippen LogP contribution < -0.4 is 19.5 Å². The summed E-state index contributed by atoms with van der Waals surface area (Å²) < 4.78 is 16.2. The third-order valence-corrected chi connectivity index (χ3v) is 5.62. The normalized spacial score (nSPS) is 13.2. The molecule has 0 radical (unpaired) electrons. The summed E-state index contributed by atoms with van der Waals surface area (Å²) in [5.74, 6) is 1.65. The van der Waals surface area contributed by atoms with Crippen molar-refractivity contribution in [2.45, 2.75) is 5.92 Å². The SMILES string of the molecule is COc1ccc(C(CNC(=O)c2cccc3c2OCO3)c2c[nH]c3ccccc23)cc1. The fraction of sp³-hybridized carbons (Fsp3) is 0.160. The zero-order chi connectivity index (χ0) is 21.2. The van der Waals surface area contributed by atoms with E-state index in [0.717, 1.165) is 27.8 Å². The molecule has 0 aliphatic carbocycles. The van der Waals surface area contributed by atoms with E-state index in [9.17, 15) is 4.79 Å². The Kier molecular flexibility index (Phi) is 4.96. The molecule has 6 nitrogen and oxygen atoms in total. The molecule has 2 heterocycles. The van der Waals surface area contributed by atoms with E-state index in [1.807, 2.05) is 48.7 Å². The van der Waals surface area contributed by atoms with Gasteiger partial charge in [-0.1, -0.05) is 36.4 Å². The van der Waals surface area contributed by atoms with Crippen LogP contribution in [0.3, 0.4) is 0 Å². The molecule has 3 aromatic carbocycles. The van der Waals surface area contributed by atoms with Crippen molar-refractivity contribution in [1.29, 1.82) is 0 Å². The first-order valence-corrected chi connectivity index (χ1v) is 10.1. The monoisotopic (exact) mass is 414 g/mol. The Bertz CT molecular complexity index is 1230. The third kappa shape index (κ3) is 3.57. The largest absolute Gasteiger partial charge is 0.497 e. The highest BCUT2D eigenvalue weighted by Crippen LogP contribution is 2.36. The second-order valence-electron chi connectivity index (χ2n) is 7.36. The molecule has 2 N–H and O–H groups in total. The molecule has 4 aromatic rings. The van der Waals surface area contributed by atoms with E-state index >= 15 is 0 Å². The van der Waals surface area contributed by atoms with Gasteiger partial charge in [-0.3, -0.25) is 4.79 Å². The van der Waals surface area contributed by atoms with E-state index in [1.54, 1.807) is 25.3 Å². The maximum absolute atomic E-state index is 13.0. The summed E-state index contributed by atoms with van der Waals surface area (Å²) in [6, 6.07) is 21.5. The van der Waals surface area contributed by atoms with Gasteiger partial charge in [0, 0.05) is 29.6 Å². The van der Waals surface area contributed by atoms with Crippen molar-refractivity contribution in [2.75, 3.05) is 20.4 Å². The minimum Gasteiger partial charge on any atom is -0.497 e. The van der Waals surface area contributed by atoms with Crippen LogP contribution in [0.5, 0.6) is 17.2 Å². The number of hydrogen-bond acceptors (Lipinski definition) is 4. The van der Waals surface area contributed by atoms with Gasteiger partial charge >= 0.3 is 0 Å². The van der Waals surface area contributed by atoms with Gasteiger partial charge in [-0.2, -0.15) is 0 Å². The van der Waals surface area contributed by atoms with E-state index in [2.05, 4.69) is 16.4 Å². The Morgan fingerprint density at radius 2 is 1.90 bits per heavy atom. The first kappa shape index (κ1) is 19.1. The van der Waals surface area contributed by atoms with Crippen molar-refractivity contribution < 1.29 is 19.0 Å². The molecule has 1 aliphatic heterocycles. The van der Waals surface area contributed by atoms with Crippen molar-refractivity contribution in [3.8, 4) is 17.2 Å². The standard InChI is InChI=1S/C25H22N2O4/c1-29-17-11-9-16(10-12-17)20(21-14-26-22-7-3-2-5-18(21)22)13-27-25(28)19-6-4-8-23-24(19)31-15-30-23/h2-12,14,20,26H,13,15H2,1H3,(H,27,28). The summed E-state index contributed by atoms with van der Waals surface area (Å²) in [5, 5.41) is 4.22. The first-order valence-electron chi connectivity index (χ1n) is 10.1. The molecule has 0 saturated carbocycles. The van der Waals surface area contributed by atoms with Gasteiger partial charge in [-0.25, -0.2) is 0 Å². The molecule has 31 heavy (non-hydrogen) atoms. The fourth-order valence-electron chi connectivity index (χ4n) is 4.02. The number of H-pyrrole nitrogens is 1. The lowest BCUT2D eigenvalue weighted by Gasteiger charge is -2.19. The summed E-state index contributed by atoms with van der Waals surface area (Å²) in [5.41, 5.74) is 3.75. The van der Waals surface area contributed by atoms with E-state index in [4.69, 9.17) is 14.2 Å². The van der Waals surface area contributed by atoms with Crippen LogP contribution in [0.2, 0.25) is 0 Å². The number of methoxy groups -OCH3 is 1. The summed E-state index contributed by atoms with van der Waals surface area (Å²) in [7, 11) is 1.65. The summed E-state index contributed by atoms with van der Waals surface area (Å²) in [6.45, 7) is 0.557. The van der Waals surface area contributed by atoms with Gasteiger partial charge in [0.1, 0.15) is 5.75 Å². The maximum Gasteiger partial charge on any atom is 0.255 e. The number of aromatic amines is 1. The molecule has 6 heteroatoms. The molecule has 0 fully saturated rings. The molecule has 1 unspecified atom stereocenters. The fourth-order valence-corrected chi connectivity index (χ4v) is 4.02. The second-order valence-corrected chi connectivity index (χ2v) is 7.36. The summed E-state index contributed by atoms with van der Waals surface area (Å²) in [6.07, 6.45) is 2.02. The van der Waals surface area contributed by atoms with Gasteiger partial charge in [0.05, 0.1) is 12.7 Å². The van der Waals surface area contributed by atoms with Crippen LogP contribution in [-0.2, 0) is 0 Å². The molecular weight excluding hydrogens is 392 g/mol. The number of ether oxygens (including phenoxy) is 3. The Balaban J connectivity index is 1.46. The highest BCUT2D eigenvalue weighted by molar-refractivity contribution is 5.98. The van der Waals surface area contributed by atoms with E-state index in [1.165, 1.54) is 0 Å². The van der Waals surface area contributed by atoms with Crippen LogP contribution in [0, 0.1) is 0 Å². The van der Waals surface area contributed by atoms with Crippen molar-refractivity contribution in [3.05, 3.63) is 89.6 Å². The van der Waals surface area contributed by atoms with Gasteiger partial charge < -0.3 is 24.5 Å². The Morgan fingerprint density at radius 3 is 2.74 bits per heavy atom. The van der Waals surface area contributed by atoms with Crippen LogP contribution in [0.4, 0.5) is 0 Å². The first-order chi connectivity index (χ1) is 15.2. The van der Waals surface area contributed by atoms with E-state index < -0.39 is 0 Å². The number of rotatable bonds is 6. The van der Waals surface area contributed by atoms with Crippen LogP contribution in [0.1, 0.15) is 27.4 Å². The minimum absolute atomic E-state index is 0.0417. The van der Waals surface area contributed by atoms with Gasteiger partial charge in [0.25, 0.3) is 5.91 Å². The minimum atomic E-state index is -0.194. The smallest absolute Gasteiger partial charge is 0.255 e. The van der Waals surface area contributed by atoms with E-state index in [-0.39, 0.29) is 18.6 Å². The molecule has 1 atom stereocenters. The van der Waals surface area contributed by atoms with Crippen molar-refractivity contribution >= 4 is 16.8 Å². The summed E-state index contributed by atoms with van der Waals surface area (Å²) in [4.78, 5) is 16.3. The van der Waals surface area contributed by atoms with Crippen LogP contribution in [-0.4, -0.2) is 31.3 Å². The number of aromatic nitrogens is 1. The van der Waals surface area contributed by atoms with Crippen molar-refractivity contribution in [1.82, 2.24) is 10.3 Å². The molecule has 5 rings (SSSR count). The number of benzene rings is 3. The van der Waals surface area contributed by atoms with Crippen molar-refractivity contribution in [3.63, 3.8) is 0 Å². The van der Waals surface area contributed by atoms with Gasteiger partial charge in [0.15, 0.2) is 11.5 Å². The second kappa shape index (κ2) is 8.07. The van der Waals surface area contributed by atoms with Gasteiger partial charge in [0.2, 0.25) is 6.79 Å². The Hall–Kier alpha value is -3.93. The average Bonchev–Trinajstić information content (AvgIpc) is 3.47. The lowest BCUT2D eigenvalue weighted by Crippen LogP contribution is -2.29. The van der Waals surface area contributed by atoms with Gasteiger partial charge in [-0.15, -0.1) is 0 Å². The summed E-state index contributed by atoms with van der Waals surface area (Å²) >= 11 is 0. The number of nitrogens with one attached hydrogen (secondary N) is 2. The van der Waals surface area contributed by atoms with E-state index in [0.29, 0.717) is 23.6 Å². The lowest BCUT2D eigenvalue weighted by atomic mass is 9.90. The zero-order valence-electron chi connectivity index (χ0n) is 17.1. The average molecular weight is 414 g/mol. The molecule has 156 valence electrons.